The van der Waals surface area contributed by atoms with Gasteiger partial charge in [-0.2, -0.15) is 0 Å². The van der Waals surface area contributed by atoms with Crippen LogP contribution in [0.2, 0.25) is 0 Å². The third kappa shape index (κ3) is 7.06. The Labute approximate surface area is 336 Å². The average molecular weight is 738 g/mol. The number of pyridine rings is 2. The van der Waals surface area contributed by atoms with Crippen LogP contribution in [0.4, 0.5) is 0 Å². The second-order valence-corrected chi connectivity index (χ2v) is 17.3. The minimum Gasteiger partial charge on any atom is -0.353 e. The minimum absolute atomic E-state index is 0.0597. The number of nitrogens with one attached hydrogen (secondary N) is 1. The van der Waals surface area contributed by atoms with Gasteiger partial charge in [0.05, 0.1) is 28.1 Å². The van der Waals surface area contributed by atoms with E-state index >= 15 is 0 Å². The number of aromatic nitrogens is 3. The highest BCUT2D eigenvalue weighted by Crippen LogP contribution is 2.44. The molecule has 0 radical (unpaired) electrons. The molecule has 278 valence electrons. The smallest absolute Gasteiger partial charge is 0.0900 e. The van der Waals surface area contributed by atoms with Crippen LogP contribution in [0, 0.1) is 0 Å². The molecule has 9 rings (SSSR count). The number of hydrogen-bond acceptors (Lipinski definition) is 2. The first kappa shape index (κ1) is 36.1. The monoisotopic (exact) mass is 737 g/mol. The summed E-state index contributed by atoms with van der Waals surface area (Å²) in [4.78, 5) is 14.4. The number of nitrogens with zero attached hydrogens (tertiary/aromatic N) is 2. The normalized spacial score (nSPS) is 12.0. The van der Waals surface area contributed by atoms with E-state index in [2.05, 4.69) is 204 Å². The predicted octanol–water partition coefficient (Wildman–Crippen LogP) is 14.7. The molecule has 0 aliphatic rings. The number of rotatable bonds is 6. The average Bonchev–Trinajstić information content (AvgIpc) is 3.62. The molecule has 3 heteroatoms. The molecule has 9 aromatic rings. The number of hydrogen-bond donors (Lipinski definition) is 1. The molecule has 6 aromatic carbocycles. The molecule has 0 amide bonds. The number of benzene rings is 6. The third-order valence-electron chi connectivity index (χ3n) is 11.2. The van der Waals surface area contributed by atoms with E-state index in [9.17, 15) is 0 Å². The molecule has 0 aliphatic heterocycles. The van der Waals surface area contributed by atoms with Crippen molar-refractivity contribution in [2.24, 2.45) is 0 Å². The molecule has 3 heterocycles. The zero-order valence-electron chi connectivity index (χ0n) is 33.6. The summed E-state index contributed by atoms with van der Waals surface area (Å²) in [5.74, 6) is 0. The van der Waals surface area contributed by atoms with Crippen LogP contribution in [0.5, 0.6) is 0 Å². The lowest BCUT2D eigenvalue weighted by molar-refractivity contribution is 0.590. The summed E-state index contributed by atoms with van der Waals surface area (Å²) in [5.41, 5.74) is 17.6. The number of aromatic amines is 1. The molecule has 0 bridgehead atoms. The van der Waals surface area contributed by atoms with Gasteiger partial charge in [-0.3, -0.25) is 4.98 Å². The highest BCUT2D eigenvalue weighted by molar-refractivity contribution is 6.16. The quantitative estimate of drug-likeness (QED) is 0.185. The van der Waals surface area contributed by atoms with Crippen molar-refractivity contribution in [2.45, 2.75) is 52.4 Å². The topological polar surface area (TPSA) is 41.6 Å². The van der Waals surface area contributed by atoms with Crippen molar-refractivity contribution in [3.63, 3.8) is 0 Å². The maximum atomic E-state index is 5.48. The molecular formula is C54H47N3. The molecule has 0 saturated carbocycles. The summed E-state index contributed by atoms with van der Waals surface area (Å²) in [6.07, 6.45) is 1.89. The zero-order valence-corrected chi connectivity index (χ0v) is 33.6. The van der Waals surface area contributed by atoms with Crippen LogP contribution in [0.25, 0.3) is 89.0 Å². The van der Waals surface area contributed by atoms with Gasteiger partial charge in [0.25, 0.3) is 0 Å². The van der Waals surface area contributed by atoms with Crippen LogP contribution in [0.3, 0.4) is 0 Å². The maximum absolute atomic E-state index is 5.48. The zero-order chi connectivity index (χ0) is 39.3. The molecule has 0 spiro atoms. The van der Waals surface area contributed by atoms with E-state index in [1.165, 1.54) is 44.2 Å². The fourth-order valence-electron chi connectivity index (χ4n) is 7.87. The Bertz CT molecular complexity index is 2890. The minimum atomic E-state index is -0.105. The van der Waals surface area contributed by atoms with Crippen molar-refractivity contribution in [1.29, 1.82) is 0 Å². The standard InChI is InChI=1S/C54H47N3/c1-53(2,3)42-31-44(40-24-16-23-38(27-40)35-17-10-7-11-18-35)51-45(32-42)46-33-43(54(4,5)6)34-47(52(46)57-51)48-29-41(37-21-14-9-15-22-37)30-50(56-48)49-28-39(25-26-55-49)36-19-12-8-13-20-36/h7-34,57H,1-6H3. The fraction of sp³-hybridized carbons (Fsp3) is 0.148. The van der Waals surface area contributed by atoms with Gasteiger partial charge in [-0.15, -0.1) is 0 Å². The Balaban J connectivity index is 1.32. The fourth-order valence-corrected chi connectivity index (χ4v) is 7.87. The first-order chi connectivity index (χ1) is 27.5. The SMILES string of the molecule is CC(C)(C)c1cc(-c2cccc(-c3ccccc3)c2)c2[nH]c3c(-c4cc(-c5ccccc5)cc(-c5cc(-c6ccccc6)ccn5)n4)cc(C(C)(C)C)cc3c2c1. The molecule has 1 N–H and O–H groups in total. The molecule has 0 unspecified atom stereocenters. The van der Waals surface area contributed by atoms with E-state index in [4.69, 9.17) is 9.97 Å². The van der Waals surface area contributed by atoms with Crippen molar-refractivity contribution in [3.8, 4) is 67.2 Å². The Hall–Kier alpha value is -6.58. The Kier molecular flexibility index (Phi) is 8.97. The van der Waals surface area contributed by atoms with Gasteiger partial charge in [-0.1, -0.05) is 151 Å². The van der Waals surface area contributed by atoms with E-state index in [1.54, 1.807) is 0 Å². The molecule has 0 fully saturated rings. The Morgan fingerprint density at radius 2 is 0.825 bits per heavy atom. The van der Waals surface area contributed by atoms with Crippen LogP contribution < -0.4 is 0 Å². The van der Waals surface area contributed by atoms with E-state index < -0.39 is 0 Å². The van der Waals surface area contributed by atoms with Crippen molar-refractivity contribution in [1.82, 2.24) is 15.0 Å². The summed E-state index contributed by atoms with van der Waals surface area (Å²) >= 11 is 0. The van der Waals surface area contributed by atoms with E-state index in [1.807, 2.05) is 12.3 Å². The first-order valence-corrected chi connectivity index (χ1v) is 19.9. The summed E-state index contributed by atoms with van der Waals surface area (Å²) in [6.45, 7) is 13.8. The van der Waals surface area contributed by atoms with Crippen molar-refractivity contribution >= 4 is 21.8 Å². The molecule has 3 aromatic heterocycles. The maximum Gasteiger partial charge on any atom is 0.0900 e. The second kappa shape index (κ2) is 14.2. The van der Waals surface area contributed by atoms with Crippen molar-refractivity contribution in [3.05, 3.63) is 181 Å². The number of H-pyrrole nitrogens is 1. The number of fused-ring (bicyclic) bond motifs is 3. The molecule has 3 nitrogen and oxygen atoms in total. The third-order valence-corrected chi connectivity index (χ3v) is 11.2. The molecule has 0 atom stereocenters. The van der Waals surface area contributed by atoms with Gasteiger partial charge >= 0.3 is 0 Å². The predicted molar refractivity (Wildman–Crippen MR) is 241 cm³/mol. The molecule has 0 saturated heterocycles. The van der Waals surface area contributed by atoms with Crippen LogP contribution >= 0.6 is 0 Å². The first-order valence-electron chi connectivity index (χ1n) is 19.9. The van der Waals surface area contributed by atoms with Crippen LogP contribution in [0.15, 0.2) is 170 Å². The van der Waals surface area contributed by atoms with Crippen LogP contribution in [0.1, 0.15) is 52.7 Å². The summed E-state index contributed by atoms with van der Waals surface area (Å²) in [6, 6.07) is 58.9. The highest BCUT2D eigenvalue weighted by Gasteiger charge is 2.24. The second-order valence-electron chi connectivity index (χ2n) is 17.3. The Morgan fingerprint density at radius 1 is 0.368 bits per heavy atom. The van der Waals surface area contributed by atoms with E-state index in [0.717, 1.165) is 55.9 Å². The van der Waals surface area contributed by atoms with Gasteiger partial charge in [0.1, 0.15) is 0 Å². The largest absolute Gasteiger partial charge is 0.353 e. The highest BCUT2D eigenvalue weighted by atomic mass is 14.8. The molecule has 57 heavy (non-hydrogen) atoms. The van der Waals surface area contributed by atoms with Gasteiger partial charge in [0.15, 0.2) is 0 Å². The van der Waals surface area contributed by atoms with Gasteiger partial charge in [0, 0.05) is 28.1 Å². The lowest BCUT2D eigenvalue weighted by atomic mass is 9.82. The van der Waals surface area contributed by atoms with Crippen LogP contribution in [-0.2, 0) is 10.8 Å². The molecular weight excluding hydrogens is 691 g/mol. The lowest BCUT2D eigenvalue weighted by Gasteiger charge is -2.22. The van der Waals surface area contributed by atoms with Crippen molar-refractivity contribution in [2.75, 3.05) is 0 Å². The Morgan fingerprint density at radius 3 is 1.40 bits per heavy atom. The van der Waals surface area contributed by atoms with Crippen LogP contribution in [-0.4, -0.2) is 15.0 Å². The van der Waals surface area contributed by atoms with Gasteiger partial charge in [-0.05, 0) is 115 Å². The van der Waals surface area contributed by atoms with Gasteiger partial charge in [0.2, 0.25) is 0 Å². The molecule has 0 aliphatic carbocycles. The van der Waals surface area contributed by atoms with E-state index in [0.29, 0.717) is 0 Å². The lowest BCUT2D eigenvalue weighted by Crippen LogP contribution is -2.11. The van der Waals surface area contributed by atoms with Gasteiger partial charge in [-0.25, -0.2) is 4.98 Å². The summed E-state index contributed by atoms with van der Waals surface area (Å²) in [7, 11) is 0. The van der Waals surface area contributed by atoms with E-state index in [-0.39, 0.29) is 10.8 Å². The summed E-state index contributed by atoms with van der Waals surface area (Å²) < 4.78 is 0. The van der Waals surface area contributed by atoms with Crippen molar-refractivity contribution < 1.29 is 0 Å². The van der Waals surface area contributed by atoms with Gasteiger partial charge < -0.3 is 4.98 Å². The summed E-state index contributed by atoms with van der Waals surface area (Å²) in [5, 5.41) is 2.43.